The van der Waals surface area contributed by atoms with Crippen LogP contribution in [0.2, 0.25) is 0 Å². The van der Waals surface area contributed by atoms with E-state index in [-0.39, 0.29) is 11.6 Å². The van der Waals surface area contributed by atoms with Gasteiger partial charge in [0.25, 0.3) is 0 Å². The highest BCUT2D eigenvalue weighted by Gasteiger charge is 2.21. The smallest absolute Gasteiger partial charge is 0.123 e. The number of aromatic hydroxyl groups is 1. The third-order valence-electron chi connectivity index (χ3n) is 5.15. The summed E-state index contributed by atoms with van der Waals surface area (Å²) in [7, 11) is 0. The van der Waals surface area contributed by atoms with Gasteiger partial charge >= 0.3 is 0 Å². The van der Waals surface area contributed by atoms with Gasteiger partial charge in [0.2, 0.25) is 0 Å². The number of ether oxygens (including phenoxy) is 1. The van der Waals surface area contributed by atoms with E-state index in [9.17, 15) is 4.39 Å². The molecule has 1 atom stereocenters. The Kier molecular flexibility index (Phi) is 6.89. The Balaban J connectivity index is 0.000000206. The largest absolute Gasteiger partial charge is 0.508 e. The zero-order valence-electron chi connectivity index (χ0n) is 15.2. The predicted octanol–water partition coefficient (Wildman–Crippen LogP) is 4.96. The van der Waals surface area contributed by atoms with Crippen LogP contribution in [0.1, 0.15) is 43.6 Å². The van der Waals surface area contributed by atoms with Crippen LogP contribution in [0, 0.1) is 5.82 Å². The van der Waals surface area contributed by atoms with E-state index >= 15 is 0 Å². The zero-order valence-corrected chi connectivity index (χ0v) is 15.2. The lowest BCUT2D eigenvalue weighted by atomic mass is 9.90. The minimum atomic E-state index is -0.331. The first kappa shape index (κ1) is 18.7. The number of nitrogens with zero attached hydrogens (tertiary/aromatic N) is 1. The minimum absolute atomic E-state index is 0.0893. The molecular weight excluding hydrogens is 329 g/mol. The fourth-order valence-electron chi connectivity index (χ4n) is 3.68. The quantitative estimate of drug-likeness (QED) is 0.843. The van der Waals surface area contributed by atoms with Gasteiger partial charge in [-0.05, 0) is 87.1 Å². The summed E-state index contributed by atoms with van der Waals surface area (Å²) in [6, 6.07) is 13.6. The molecule has 140 valence electrons. The highest BCUT2D eigenvalue weighted by molar-refractivity contribution is 5.37. The van der Waals surface area contributed by atoms with E-state index in [1.54, 1.807) is 0 Å². The highest BCUT2D eigenvalue weighted by atomic mass is 19.1. The van der Waals surface area contributed by atoms with Crippen LogP contribution in [0.3, 0.4) is 0 Å². The first-order chi connectivity index (χ1) is 12.7. The van der Waals surface area contributed by atoms with E-state index in [1.165, 1.54) is 81.6 Å². The number of piperidine rings is 1. The van der Waals surface area contributed by atoms with Gasteiger partial charge in [0, 0.05) is 0 Å². The summed E-state index contributed by atoms with van der Waals surface area (Å²) >= 11 is 0. The molecule has 0 amide bonds. The molecule has 4 rings (SSSR count). The van der Waals surface area contributed by atoms with Gasteiger partial charge in [-0.15, -0.1) is 0 Å². The maximum absolute atomic E-state index is 12.0. The molecule has 0 aromatic heterocycles. The van der Waals surface area contributed by atoms with Crippen molar-refractivity contribution >= 4 is 0 Å². The van der Waals surface area contributed by atoms with Gasteiger partial charge < -0.3 is 14.7 Å². The Hall–Kier alpha value is -2.07. The first-order valence-corrected chi connectivity index (χ1v) is 9.61. The summed E-state index contributed by atoms with van der Waals surface area (Å²) in [5, 5.41) is 8.59. The van der Waals surface area contributed by atoms with Crippen LogP contribution in [-0.2, 0) is 0 Å². The number of rotatable bonds is 3. The van der Waals surface area contributed by atoms with E-state index in [1.807, 2.05) is 0 Å². The van der Waals surface area contributed by atoms with Crippen molar-refractivity contribution in [1.82, 2.24) is 4.90 Å². The maximum Gasteiger partial charge on any atom is 0.123 e. The van der Waals surface area contributed by atoms with Gasteiger partial charge in [0.1, 0.15) is 17.3 Å². The molecule has 4 heteroatoms. The predicted molar refractivity (Wildman–Crippen MR) is 102 cm³/mol. The number of benzene rings is 2. The van der Waals surface area contributed by atoms with Gasteiger partial charge in [-0.2, -0.15) is 0 Å². The van der Waals surface area contributed by atoms with Crippen molar-refractivity contribution in [2.45, 2.75) is 38.0 Å². The van der Waals surface area contributed by atoms with Crippen LogP contribution in [0.15, 0.2) is 48.5 Å². The Labute approximate surface area is 155 Å². The van der Waals surface area contributed by atoms with Gasteiger partial charge in [-0.1, -0.05) is 24.6 Å². The van der Waals surface area contributed by atoms with E-state index in [2.05, 4.69) is 29.2 Å². The highest BCUT2D eigenvalue weighted by Crippen LogP contribution is 2.35. The van der Waals surface area contributed by atoms with Crippen molar-refractivity contribution in [1.29, 1.82) is 0 Å². The normalized spacial score (nSPS) is 19.7. The molecule has 0 bridgehead atoms. The Morgan fingerprint density at radius 1 is 1.00 bits per heavy atom. The van der Waals surface area contributed by atoms with Gasteiger partial charge in [-0.25, -0.2) is 4.39 Å². The SMILES string of the molecule is Oc1ccc(F)cc1.c1ccc2c(c1)OCCC2CCN1CCCCC1. The number of hydrogen-bond donors (Lipinski definition) is 1. The Bertz CT molecular complexity index is 647. The zero-order chi connectivity index (χ0) is 18.2. The number of halogens is 1. The van der Waals surface area contributed by atoms with Crippen molar-refractivity contribution in [2.75, 3.05) is 26.2 Å². The molecule has 1 unspecified atom stereocenters. The Morgan fingerprint density at radius 3 is 2.46 bits per heavy atom. The third kappa shape index (κ3) is 5.46. The molecule has 2 aliphatic rings. The van der Waals surface area contributed by atoms with Gasteiger partial charge in [0.15, 0.2) is 0 Å². The molecule has 1 saturated heterocycles. The maximum atomic E-state index is 12.0. The molecule has 0 saturated carbocycles. The topological polar surface area (TPSA) is 32.7 Å². The van der Waals surface area contributed by atoms with Crippen molar-refractivity contribution in [3.8, 4) is 11.5 Å². The monoisotopic (exact) mass is 357 g/mol. The second-order valence-electron chi connectivity index (χ2n) is 7.04. The van der Waals surface area contributed by atoms with Crippen molar-refractivity contribution in [2.24, 2.45) is 0 Å². The standard InChI is InChI=1S/C16H23NO.C6H5FO/c1-4-10-17(11-5-1)12-8-14-9-13-18-16-7-3-2-6-15(14)16;7-5-1-3-6(8)4-2-5/h2-3,6-7,14H,1,4-5,8-13H2;1-4,8H. The fourth-order valence-corrected chi connectivity index (χ4v) is 3.68. The molecule has 26 heavy (non-hydrogen) atoms. The summed E-state index contributed by atoms with van der Waals surface area (Å²) in [6.45, 7) is 4.77. The third-order valence-corrected chi connectivity index (χ3v) is 5.15. The average Bonchev–Trinajstić information content (AvgIpc) is 2.70. The molecular formula is C22H28FNO2. The van der Waals surface area contributed by atoms with Crippen LogP contribution < -0.4 is 4.74 Å². The lowest BCUT2D eigenvalue weighted by molar-refractivity contribution is 0.206. The average molecular weight is 357 g/mol. The number of fused-ring (bicyclic) bond motifs is 1. The van der Waals surface area contributed by atoms with Gasteiger partial charge in [0.05, 0.1) is 6.61 Å². The van der Waals surface area contributed by atoms with Crippen LogP contribution in [0.4, 0.5) is 4.39 Å². The lowest BCUT2D eigenvalue weighted by Gasteiger charge is -2.30. The summed E-state index contributed by atoms with van der Waals surface area (Å²) in [6.07, 6.45) is 6.69. The molecule has 2 aromatic carbocycles. The van der Waals surface area contributed by atoms with Crippen LogP contribution >= 0.6 is 0 Å². The van der Waals surface area contributed by atoms with E-state index in [0.29, 0.717) is 5.92 Å². The summed E-state index contributed by atoms with van der Waals surface area (Å²) in [4.78, 5) is 2.64. The molecule has 3 nitrogen and oxygen atoms in total. The molecule has 2 heterocycles. The second-order valence-corrected chi connectivity index (χ2v) is 7.04. The van der Waals surface area contributed by atoms with Crippen LogP contribution in [0.5, 0.6) is 11.5 Å². The van der Waals surface area contributed by atoms with E-state index in [0.717, 1.165) is 12.4 Å². The van der Waals surface area contributed by atoms with Crippen LogP contribution in [-0.4, -0.2) is 36.2 Å². The van der Waals surface area contributed by atoms with E-state index in [4.69, 9.17) is 9.84 Å². The van der Waals surface area contributed by atoms with Gasteiger partial charge in [-0.3, -0.25) is 0 Å². The molecule has 0 aliphatic carbocycles. The minimum Gasteiger partial charge on any atom is -0.508 e. The van der Waals surface area contributed by atoms with Crippen LogP contribution in [0.25, 0.3) is 0 Å². The molecule has 0 radical (unpaired) electrons. The summed E-state index contributed by atoms with van der Waals surface area (Å²) < 4.78 is 17.7. The molecule has 0 spiro atoms. The van der Waals surface area contributed by atoms with Crippen molar-refractivity contribution < 1.29 is 14.2 Å². The fraction of sp³-hybridized carbons (Fsp3) is 0.455. The molecule has 2 aliphatic heterocycles. The number of hydrogen-bond acceptors (Lipinski definition) is 3. The number of phenols is 1. The summed E-state index contributed by atoms with van der Waals surface area (Å²) in [5.41, 5.74) is 1.43. The van der Waals surface area contributed by atoms with E-state index < -0.39 is 0 Å². The number of likely N-dealkylation sites (tertiary alicyclic amines) is 1. The second kappa shape index (κ2) is 9.58. The molecule has 2 aromatic rings. The number of para-hydroxylation sites is 1. The lowest BCUT2D eigenvalue weighted by Crippen LogP contribution is -2.31. The summed E-state index contributed by atoms with van der Waals surface area (Å²) in [5.74, 6) is 1.58. The molecule has 1 N–H and O–H groups in total. The molecule has 1 fully saturated rings. The number of phenolic OH excluding ortho intramolecular Hbond substituents is 1. The first-order valence-electron chi connectivity index (χ1n) is 9.61. The van der Waals surface area contributed by atoms with Crippen molar-refractivity contribution in [3.05, 3.63) is 59.9 Å². The Morgan fingerprint density at radius 2 is 1.73 bits per heavy atom. The van der Waals surface area contributed by atoms with Crippen molar-refractivity contribution in [3.63, 3.8) is 0 Å².